The van der Waals surface area contributed by atoms with Crippen LogP contribution in [0.25, 0.3) is 0 Å². The summed E-state index contributed by atoms with van der Waals surface area (Å²) in [6, 6.07) is 7.50. The molecule has 1 saturated heterocycles. The van der Waals surface area contributed by atoms with Crippen molar-refractivity contribution in [1.29, 1.82) is 0 Å². The smallest absolute Gasteiger partial charge is 0.329 e. The fraction of sp³-hybridized carbons (Fsp3) is 0.200. The highest BCUT2D eigenvalue weighted by Crippen LogP contribution is 2.38. The van der Waals surface area contributed by atoms with Gasteiger partial charge in [0.25, 0.3) is 0 Å². The number of aryl methyl sites for hydroxylation is 1. The number of benzene rings is 1. The number of aromatic amines is 1. The van der Waals surface area contributed by atoms with Gasteiger partial charge in [-0.15, -0.1) is 0 Å². The molecule has 2 aromatic rings. The van der Waals surface area contributed by atoms with Crippen LogP contribution in [0.4, 0.5) is 10.5 Å². The number of carbonyl (C=O) groups is 1. The molecule has 1 aromatic carbocycles. The molecule has 0 atom stereocenters. The van der Waals surface area contributed by atoms with Crippen molar-refractivity contribution in [3.63, 3.8) is 0 Å². The normalized spacial score (nSPS) is 16.4. The Morgan fingerprint density at radius 2 is 2.24 bits per heavy atom. The zero-order chi connectivity index (χ0) is 14.4. The van der Waals surface area contributed by atoms with Gasteiger partial charge < -0.3 is 14.6 Å². The third kappa shape index (κ3) is 1.79. The van der Waals surface area contributed by atoms with Gasteiger partial charge in [0.15, 0.2) is 5.75 Å². The van der Waals surface area contributed by atoms with Gasteiger partial charge in [0.05, 0.1) is 36.5 Å². The van der Waals surface area contributed by atoms with Crippen molar-refractivity contribution in [3.8, 4) is 5.75 Å². The molecule has 6 heteroatoms. The van der Waals surface area contributed by atoms with Gasteiger partial charge in [0, 0.05) is 5.69 Å². The number of ether oxygens (including phenoxy) is 1. The lowest BCUT2D eigenvalue weighted by molar-refractivity contribution is 0.218. The van der Waals surface area contributed by atoms with Crippen LogP contribution < -0.4 is 9.64 Å². The standard InChI is InChI=1S/C15H14N4O2/c1-10-12(17-9-16-10)7-18-6-11-8-21-14-5-3-2-4-13(14)19(11)15(18)20/h2-5,8-9H,6-7H2,1H3,(H,16,17). The Morgan fingerprint density at radius 3 is 3.05 bits per heavy atom. The van der Waals surface area contributed by atoms with Crippen LogP contribution in [-0.2, 0) is 6.54 Å². The van der Waals surface area contributed by atoms with Gasteiger partial charge in [-0.1, -0.05) is 12.1 Å². The Morgan fingerprint density at radius 1 is 1.38 bits per heavy atom. The van der Waals surface area contributed by atoms with E-state index in [1.165, 1.54) is 0 Å². The van der Waals surface area contributed by atoms with E-state index in [-0.39, 0.29) is 6.03 Å². The van der Waals surface area contributed by atoms with Gasteiger partial charge in [-0.05, 0) is 19.1 Å². The summed E-state index contributed by atoms with van der Waals surface area (Å²) in [4.78, 5) is 23.4. The summed E-state index contributed by atoms with van der Waals surface area (Å²) >= 11 is 0. The molecule has 0 unspecified atom stereocenters. The van der Waals surface area contributed by atoms with Crippen LogP contribution in [-0.4, -0.2) is 27.4 Å². The first-order chi connectivity index (χ1) is 10.2. The molecule has 0 saturated carbocycles. The van der Waals surface area contributed by atoms with E-state index in [0.717, 1.165) is 22.8 Å². The third-order valence-electron chi connectivity index (χ3n) is 3.80. The van der Waals surface area contributed by atoms with E-state index in [1.54, 1.807) is 22.4 Å². The molecule has 1 fully saturated rings. The van der Waals surface area contributed by atoms with Gasteiger partial charge >= 0.3 is 6.03 Å². The minimum absolute atomic E-state index is 0.0422. The Bertz CT molecular complexity index is 750. The highest BCUT2D eigenvalue weighted by atomic mass is 16.5. The molecular formula is C15H14N4O2. The van der Waals surface area contributed by atoms with E-state index in [0.29, 0.717) is 18.8 Å². The maximum absolute atomic E-state index is 12.7. The number of fused-ring (bicyclic) bond motifs is 3. The summed E-state index contributed by atoms with van der Waals surface area (Å²) in [6.45, 7) is 2.97. The van der Waals surface area contributed by atoms with E-state index >= 15 is 0 Å². The van der Waals surface area contributed by atoms with Crippen LogP contribution in [0.1, 0.15) is 11.4 Å². The van der Waals surface area contributed by atoms with Crippen LogP contribution in [0.2, 0.25) is 0 Å². The number of hydrogen-bond donors (Lipinski definition) is 1. The summed E-state index contributed by atoms with van der Waals surface area (Å²) in [5.74, 6) is 0.701. The number of aromatic nitrogens is 2. The summed E-state index contributed by atoms with van der Waals surface area (Å²) < 4.78 is 5.59. The number of nitrogens with one attached hydrogen (secondary N) is 1. The third-order valence-corrected chi connectivity index (χ3v) is 3.80. The predicted octanol–water partition coefficient (Wildman–Crippen LogP) is 2.39. The number of imidazole rings is 1. The Labute approximate surface area is 121 Å². The number of carbonyl (C=O) groups excluding carboxylic acids is 1. The Hall–Kier alpha value is -2.76. The van der Waals surface area contributed by atoms with Crippen molar-refractivity contribution < 1.29 is 9.53 Å². The van der Waals surface area contributed by atoms with Crippen molar-refractivity contribution in [1.82, 2.24) is 14.9 Å². The summed E-state index contributed by atoms with van der Waals surface area (Å²) in [7, 11) is 0. The fourth-order valence-electron chi connectivity index (χ4n) is 2.67. The van der Waals surface area contributed by atoms with E-state index in [9.17, 15) is 4.79 Å². The quantitative estimate of drug-likeness (QED) is 0.920. The monoisotopic (exact) mass is 282 g/mol. The molecule has 2 aliphatic rings. The Kier molecular flexibility index (Phi) is 2.50. The summed E-state index contributed by atoms with van der Waals surface area (Å²) in [5.41, 5.74) is 3.52. The lowest BCUT2D eigenvalue weighted by Gasteiger charge is -2.23. The van der Waals surface area contributed by atoms with E-state index < -0.39 is 0 Å². The molecule has 1 N–H and O–H groups in total. The molecule has 0 spiro atoms. The molecule has 1 aromatic heterocycles. The number of rotatable bonds is 2. The average molecular weight is 282 g/mol. The highest BCUT2D eigenvalue weighted by Gasteiger charge is 2.38. The first-order valence-electron chi connectivity index (χ1n) is 6.76. The predicted molar refractivity (Wildman–Crippen MR) is 76.8 cm³/mol. The van der Waals surface area contributed by atoms with Gasteiger partial charge in [0.2, 0.25) is 0 Å². The molecule has 6 nitrogen and oxygen atoms in total. The second-order valence-electron chi connectivity index (χ2n) is 5.14. The summed E-state index contributed by atoms with van der Waals surface area (Å²) in [6.07, 6.45) is 3.30. The number of nitrogens with zero attached hydrogens (tertiary/aromatic N) is 3. The van der Waals surface area contributed by atoms with Crippen LogP contribution >= 0.6 is 0 Å². The molecule has 106 valence electrons. The molecule has 3 heterocycles. The highest BCUT2D eigenvalue weighted by molar-refractivity contribution is 6.00. The SMILES string of the molecule is Cc1[nH]cnc1CN1CC2=COc3ccccc3N2C1=O. The van der Waals surface area contributed by atoms with Crippen LogP contribution in [0.5, 0.6) is 5.75 Å². The van der Waals surface area contributed by atoms with E-state index in [4.69, 9.17) is 4.74 Å². The molecule has 0 radical (unpaired) electrons. The van der Waals surface area contributed by atoms with Crippen molar-refractivity contribution in [2.75, 3.05) is 11.4 Å². The Balaban J connectivity index is 1.65. The van der Waals surface area contributed by atoms with Crippen molar-refractivity contribution in [2.45, 2.75) is 13.5 Å². The van der Waals surface area contributed by atoms with Gasteiger partial charge in [-0.3, -0.25) is 4.90 Å². The topological polar surface area (TPSA) is 61.5 Å². The lowest BCUT2D eigenvalue weighted by atomic mass is 10.2. The van der Waals surface area contributed by atoms with Crippen LogP contribution in [0.15, 0.2) is 42.6 Å². The van der Waals surface area contributed by atoms with Crippen molar-refractivity contribution in [3.05, 3.63) is 53.9 Å². The fourth-order valence-corrected chi connectivity index (χ4v) is 2.67. The second kappa shape index (κ2) is 4.37. The van der Waals surface area contributed by atoms with Gasteiger partial charge in [-0.2, -0.15) is 0 Å². The minimum Gasteiger partial charge on any atom is -0.461 e. The largest absolute Gasteiger partial charge is 0.461 e. The molecular weight excluding hydrogens is 268 g/mol. The molecule has 0 bridgehead atoms. The molecule has 4 rings (SSSR count). The lowest BCUT2D eigenvalue weighted by Crippen LogP contribution is -2.32. The number of para-hydroxylation sites is 2. The molecule has 21 heavy (non-hydrogen) atoms. The number of urea groups is 1. The molecule has 2 amide bonds. The molecule has 0 aliphatic carbocycles. The maximum atomic E-state index is 12.7. The second-order valence-corrected chi connectivity index (χ2v) is 5.14. The van der Waals surface area contributed by atoms with Crippen LogP contribution in [0, 0.1) is 6.92 Å². The maximum Gasteiger partial charge on any atom is 0.329 e. The zero-order valence-corrected chi connectivity index (χ0v) is 11.5. The average Bonchev–Trinajstić information content (AvgIpc) is 3.04. The zero-order valence-electron chi connectivity index (χ0n) is 11.5. The first-order valence-corrected chi connectivity index (χ1v) is 6.76. The minimum atomic E-state index is -0.0422. The number of amides is 2. The van der Waals surface area contributed by atoms with Gasteiger partial charge in [-0.25, -0.2) is 9.78 Å². The number of anilines is 1. The summed E-state index contributed by atoms with van der Waals surface area (Å²) in [5, 5.41) is 0. The van der Waals surface area contributed by atoms with Gasteiger partial charge in [0.1, 0.15) is 6.26 Å². The van der Waals surface area contributed by atoms with Crippen molar-refractivity contribution in [2.24, 2.45) is 0 Å². The van der Waals surface area contributed by atoms with Crippen LogP contribution in [0.3, 0.4) is 0 Å². The van der Waals surface area contributed by atoms with E-state index in [1.807, 2.05) is 31.2 Å². The number of hydrogen-bond acceptors (Lipinski definition) is 3. The van der Waals surface area contributed by atoms with E-state index in [2.05, 4.69) is 9.97 Å². The molecule has 2 aliphatic heterocycles. The van der Waals surface area contributed by atoms with Crippen molar-refractivity contribution >= 4 is 11.7 Å². The number of H-pyrrole nitrogens is 1. The first kappa shape index (κ1) is 12.0.